The SMILES string of the molecule is CSCC[C@H](O)C(=O)NCCCc1scnc1C. The molecule has 102 valence electrons. The maximum absolute atomic E-state index is 11.5. The standard InChI is InChI=1S/C12H20N2O2S2/c1-9-11(18-8-14-9)4-3-6-13-12(16)10(15)5-7-17-2/h8,10,15H,3-7H2,1-2H3,(H,13,16)/t10-/m0/s1. The van der Waals surface area contributed by atoms with Gasteiger partial charge in [0.05, 0.1) is 11.2 Å². The van der Waals surface area contributed by atoms with Crippen LogP contribution in [0.4, 0.5) is 0 Å². The average molecular weight is 288 g/mol. The van der Waals surface area contributed by atoms with Crippen LogP contribution in [0.2, 0.25) is 0 Å². The van der Waals surface area contributed by atoms with E-state index in [1.165, 1.54) is 4.88 Å². The van der Waals surface area contributed by atoms with Crippen LogP contribution in [0, 0.1) is 6.92 Å². The fraction of sp³-hybridized carbons (Fsp3) is 0.667. The van der Waals surface area contributed by atoms with Gasteiger partial charge < -0.3 is 10.4 Å². The Morgan fingerprint density at radius 1 is 1.67 bits per heavy atom. The third kappa shape index (κ3) is 5.37. The summed E-state index contributed by atoms with van der Waals surface area (Å²) in [5, 5.41) is 12.3. The van der Waals surface area contributed by atoms with Crippen molar-refractivity contribution in [3.63, 3.8) is 0 Å². The quantitative estimate of drug-likeness (QED) is 0.714. The predicted octanol–water partition coefficient (Wildman–Crippen LogP) is 1.61. The highest BCUT2D eigenvalue weighted by Crippen LogP contribution is 2.13. The Balaban J connectivity index is 2.14. The van der Waals surface area contributed by atoms with Crippen LogP contribution in [0.25, 0.3) is 0 Å². The van der Waals surface area contributed by atoms with E-state index in [1.807, 2.05) is 18.7 Å². The molecule has 18 heavy (non-hydrogen) atoms. The van der Waals surface area contributed by atoms with Gasteiger partial charge in [-0.15, -0.1) is 11.3 Å². The molecule has 0 aliphatic carbocycles. The van der Waals surface area contributed by atoms with Crippen LogP contribution >= 0.6 is 23.1 Å². The number of aliphatic hydroxyl groups is 1. The Morgan fingerprint density at radius 3 is 3.06 bits per heavy atom. The minimum absolute atomic E-state index is 0.259. The minimum atomic E-state index is -0.873. The number of hydrogen-bond donors (Lipinski definition) is 2. The predicted molar refractivity (Wildman–Crippen MR) is 77.2 cm³/mol. The fourth-order valence-corrected chi connectivity index (χ4v) is 2.79. The van der Waals surface area contributed by atoms with Gasteiger partial charge in [0.15, 0.2) is 0 Å². The first-order chi connectivity index (χ1) is 8.65. The number of thioether (sulfide) groups is 1. The highest BCUT2D eigenvalue weighted by molar-refractivity contribution is 7.98. The molecule has 0 saturated carbocycles. The van der Waals surface area contributed by atoms with Crippen molar-refractivity contribution in [1.29, 1.82) is 0 Å². The number of carbonyl (C=O) groups excluding carboxylic acids is 1. The first-order valence-electron chi connectivity index (χ1n) is 5.98. The molecule has 0 spiro atoms. The van der Waals surface area contributed by atoms with Crippen molar-refractivity contribution in [2.45, 2.75) is 32.3 Å². The second kappa shape index (κ2) is 8.50. The summed E-state index contributed by atoms with van der Waals surface area (Å²) in [6.07, 6.45) is 3.41. The normalized spacial score (nSPS) is 12.4. The summed E-state index contributed by atoms with van der Waals surface area (Å²) in [5.41, 5.74) is 2.92. The second-order valence-electron chi connectivity index (χ2n) is 4.05. The van der Waals surface area contributed by atoms with E-state index in [9.17, 15) is 9.90 Å². The summed E-state index contributed by atoms with van der Waals surface area (Å²) in [6, 6.07) is 0. The zero-order valence-corrected chi connectivity index (χ0v) is 12.4. The molecule has 1 rings (SSSR count). The van der Waals surface area contributed by atoms with Crippen molar-refractivity contribution in [3.05, 3.63) is 16.1 Å². The molecule has 0 fully saturated rings. The molecule has 2 N–H and O–H groups in total. The molecule has 0 radical (unpaired) electrons. The zero-order chi connectivity index (χ0) is 13.4. The number of rotatable bonds is 8. The summed E-state index contributed by atoms with van der Waals surface area (Å²) in [5.74, 6) is 0.541. The van der Waals surface area contributed by atoms with Crippen LogP contribution in [0.5, 0.6) is 0 Å². The first kappa shape index (κ1) is 15.5. The van der Waals surface area contributed by atoms with E-state index in [2.05, 4.69) is 10.3 Å². The van der Waals surface area contributed by atoms with Gasteiger partial charge in [0.25, 0.3) is 0 Å². The molecule has 1 atom stereocenters. The molecule has 4 nitrogen and oxygen atoms in total. The van der Waals surface area contributed by atoms with Crippen LogP contribution in [0.3, 0.4) is 0 Å². The van der Waals surface area contributed by atoms with Crippen molar-refractivity contribution in [3.8, 4) is 0 Å². The number of aryl methyl sites for hydroxylation is 2. The third-order valence-corrected chi connectivity index (χ3v) is 4.26. The number of nitrogens with one attached hydrogen (secondary N) is 1. The van der Waals surface area contributed by atoms with Crippen LogP contribution in [-0.4, -0.2) is 40.7 Å². The van der Waals surface area contributed by atoms with Gasteiger partial charge in [0.1, 0.15) is 6.10 Å². The lowest BCUT2D eigenvalue weighted by Gasteiger charge is -2.10. The van der Waals surface area contributed by atoms with Crippen molar-refractivity contribution < 1.29 is 9.90 Å². The number of thiazole rings is 1. The highest BCUT2D eigenvalue weighted by Gasteiger charge is 2.13. The molecule has 6 heteroatoms. The Kier molecular flexibility index (Phi) is 7.31. The number of amides is 1. The van der Waals surface area contributed by atoms with E-state index >= 15 is 0 Å². The summed E-state index contributed by atoms with van der Waals surface area (Å²) in [4.78, 5) is 16.9. The molecular formula is C12H20N2O2S2. The number of nitrogens with zero attached hydrogens (tertiary/aromatic N) is 1. The number of hydrogen-bond acceptors (Lipinski definition) is 5. The molecule has 0 bridgehead atoms. The Morgan fingerprint density at radius 2 is 2.44 bits per heavy atom. The van der Waals surface area contributed by atoms with Crippen LogP contribution < -0.4 is 5.32 Å². The second-order valence-corrected chi connectivity index (χ2v) is 5.98. The lowest BCUT2D eigenvalue weighted by atomic mass is 10.2. The monoisotopic (exact) mass is 288 g/mol. The minimum Gasteiger partial charge on any atom is -0.383 e. The largest absolute Gasteiger partial charge is 0.383 e. The maximum Gasteiger partial charge on any atom is 0.248 e. The van der Waals surface area contributed by atoms with Crippen molar-refractivity contribution in [2.75, 3.05) is 18.6 Å². The van der Waals surface area contributed by atoms with Gasteiger partial charge in [-0.2, -0.15) is 11.8 Å². The molecule has 1 heterocycles. The van der Waals surface area contributed by atoms with Gasteiger partial charge in [-0.05, 0) is 38.2 Å². The smallest absolute Gasteiger partial charge is 0.248 e. The molecule has 1 aromatic rings. The van der Waals surface area contributed by atoms with E-state index < -0.39 is 6.10 Å². The molecule has 0 aliphatic rings. The highest BCUT2D eigenvalue weighted by atomic mass is 32.2. The Labute approximate surface area is 116 Å². The lowest BCUT2D eigenvalue weighted by molar-refractivity contribution is -0.129. The number of aromatic nitrogens is 1. The molecule has 1 aromatic heterocycles. The molecule has 0 aromatic carbocycles. The maximum atomic E-state index is 11.5. The van der Waals surface area contributed by atoms with E-state index in [1.54, 1.807) is 23.1 Å². The van der Waals surface area contributed by atoms with Crippen molar-refractivity contribution >= 4 is 29.0 Å². The van der Waals surface area contributed by atoms with Crippen LogP contribution in [0.1, 0.15) is 23.4 Å². The van der Waals surface area contributed by atoms with Gasteiger partial charge in [-0.1, -0.05) is 0 Å². The summed E-state index contributed by atoms with van der Waals surface area (Å²) in [7, 11) is 0. The van der Waals surface area contributed by atoms with Gasteiger partial charge in [-0.3, -0.25) is 4.79 Å². The van der Waals surface area contributed by atoms with Crippen molar-refractivity contribution in [1.82, 2.24) is 10.3 Å². The van der Waals surface area contributed by atoms with E-state index in [4.69, 9.17) is 0 Å². The topological polar surface area (TPSA) is 62.2 Å². The van der Waals surface area contributed by atoms with Crippen molar-refractivity contribution in [2.24, 2.45) is 0 Å². The third-order valence-electron chi connectivity index (χ3n) is 2.62. The zero-order valence-electron chi connectivity index (χ0n) is 10.8. The van der Waals surface area contributed by atoms with E-state index in [0.717, 1.165) is 24.3 Å². The molecule has 0 saturated heterocycles. The average Bonchev–Trinajstić information content (AvgIpc) is 2.77. The first-order valence-corrected chi connectivity index (χ1v) is 8.26. The molecule has 1 amide bonds. The van der Waals surface area contributed by atoms with Gasteiger partial charge in [0.2, 0.25) is 5.91 Å². The van der Waals surface area contributed by atoms with Gasteiger partial charge >= 0.3 is 0 Å². The summed E-state index contributed by atoms with van der Waals surface area (Å²) < 4.78 is 0. The molecule has 0 aliphatic heterocycles. The lowest BCUT2D eigenvalue weighted by Crippen LogP contribution is -2.35. The molecular weight excluding hydrogens is 268 g/mol. The van der Waals surface area contributed by atoms with Crippen LogP contribution in [-0.2, 0) is 11.2 Å². The number of carbonyl (C=O) groups is 1. The number of aliphatic hydroxyl groups excluding tert-OH is 1. The summed E-state index contributed by atoms with van der Waals surface area (Å²) in [6.45, 7) is 2.60. The fourth-order valence-electron chi connectivity index (χ4n) is 1.51. The summed E-state index contributed by atoms with van der Waals surface area (Å²) >= 11 is 3.28. The Bertz CT molecular complexity index is 369. The van der Waals surface area contributed by atoms with Gasteiger partial charge in [0, 0.05) is 11.4 Å². The van der Waals surface area contributed by atoms with Crippen LogP contribution in [0.15, 0.2) is 5.51 Å². The molecule has 0 unspecified atom stereocenters. The van der Waals surface area contributed by atoms with E-state index in [0.29, 0.717) is 13.0 Å². The Hall–Kier alpha value is -0.590. The van der Waals surface area contributed by atoms with E-state index in [-0.39, 0.29) is 5.91 Å². The van der Waals surface area contributed by atoms with Gasteiger partial charge in [-0.25, -0.2) is 4.98 Å².